The second kappa shape index (κ2) is 8.37. The molecule has 0 saturated heterocycles. The Bertz CT molecular complexity index is 502. The smallest absolute Gasteiger partial charge is 0.258 e. The van der Waals surface area contributed by atoms with Gasteiger partial charge in [0.1, 0.15) is 6.29 Å². The van der Waals surface area contributed by atoms with Gasteiger partial charge in [-0.1, -0.05) is 6.08 Å². The third kappa shape index (κ3) is 4.70. The summed E-state index contributed by atoms with van der Waals surface area (Å²) in [5, 5.41) is 2.60. The highest BCUT2D eigenvalue weighted by Crippen LogP contribution is 2.36. The maximum Gasteiger partial charge on any atom is 0.258 e. The van der Waals surface area contributed by atoms with Crippen molar-refractivity contribution in [1.29, 1.82) is 0 Å². The van der Waals surface area contributed by atoms with Gasteiger partial charge in [0.2, 0.25) is 0 Å². The van der Waals surface area contributed by atoms with E-state index in [2.05, 4.69) is 27.8 Å². The van der Waals surface area contributed by atoms with Crippen LogP contribution in [-0.4, -0.2) is 32.0 Å². The van der Waals surface area contributed by atoms with Crippen LogP contribution < -0.4 is 14.8 Å². The van der Waals surface area contributed by atoms with Crippen LogP contribution in [0.3, 0.4) is 0 Å². The van der Waals surface area contributed by atoms with Gasteiger partial charge in [-0.25, -0.2) is 0 Å². The third-order valence-corrected chi connectivity index (χ3v) is 2.85. The maximum atomic E-state index is 11.5. The van der Waals surface area contributed by atoms with E-state index >= 15 is 0 Å². The summed E-state index contributed by atoms with van der Waals surface area (Å²) in [4.78, 5) is 22.3. The van der Waals surface area contributed by atoms with Gasteiger partial charge in [0.15, 0.2) is 18.1 Å². The summed E-state index contributed by atoms with van der Waals surface area (Å²) in [6, 6.07) is 3.17. The zero-order valence-electron chi connectivity index (χ0n) is 11.1. The largest absolute Gasteiger partial charge is 0.490 e. The first kappa shape index (κ1) is 16.2. The summed E-state index contributed by atoms with van der Waals surface area (Å²) in [5.74, 6) is 0.547. The quantitative estimate of drug-likeness (QED) is 0.582. The molecule has 20 heavy (non-hydrogen) atoms. The molecule has 0 aliphatic carbocycles. The van der Waals surface area contributed by atoms with Crippen LogP contribution in [0.25, 0.3) is 0 Å². The Balaban J connectivity index is 2.84. The van der Waals surface area contributed by atoms with Gasteiger partial charge in [0.05, 0.1) is 11.1 Å². The first-order valence-corrected chi connectivity index (χ1v) is 6.83. The molecule has 0 bridgehead atoms. The second-order valence-corrected chi connectivity index (χ2v) is 4.62. The fourth-order valence-corrected chi connectivity index (χ4v) is 2.01. The van der Waals surface area contributed by atoms with Gasteiger partial charge in [-0.2, -0.15) is 0 Å². The monoisotopic (exact) mass is 341 g/mol. The van der Waals surface area contributed by atoms with E-state index in [1.54, 1.807) is 18.2 Å². The van der Waals surface area contributed by atoms with Crippen molar-refractivity contribution >= 4 is 28.1 Å². The topological polar surface area (TPSA) is 64.6 Å². The van der Waals surface area contributed by atoms with E-state index in [1.807, 2.05) is 6.92 Å². The number of carbonyl (C=O) groups is 2. The summed E-state index contributed by atoms with van der Waals surface area (Å²) >= 11 is 3.30. The van der Waals surface area contributed by atoms with Crippen LogP contribution in [0.15, 0.2) is 29.3 Å². The van der Waals surface area contributed by atoms with Gasteiger partial charge in [0, 0.05) is 12.1 Å². The van der Waals surface area contributed by atoms with Crippen molar-refractivity contribution in [3.8, 4) is 11.5 Å². The van der Waals surface area contributed by atoms with Crippen LogP contribution in [-0.2, 0) is 4.79 Å². The second-order valence-electron chi connectivity index (χ2n) is 3.76. The van der Waals surface area contributed by atoms with Crippen LogP contribution >= 0.6 is 15.9 Å². The normalized spacial score (nSPS) is 9.70. The number of ether oxygens (including phenoxy) is 2. The lowest BCUT2D eigenvalue weighted by molar-refractivity contribution is -0.122. The van der Waals surface area contributed by atoms with E-state index in [1.165, 1.54) is 0 Å². The molecule has 0 heterocycles. The van der Waals surface area contributed by atoms with Crippen molar-refractivity contribution in [3.63, 3.8) is 0 Å². The van der Waals surface area contributed by atoms with Crippen molar-refractivity contribution in [1.82, 2.24) is 5.32 Å². The van der Waals surface area contributed by atoms with Crippen LogP contribution in [0.1, 0.15) is 17.3 Å². The summed E-state index contributed by atoms with van der Waals surface area (Å²) < 4.78 is 11.4. The lowest BCUT2D eigenvalue weighted by atomic mass is 10.2. The number of carbonyl (C=O) groups excluding carboxylic acids is 2. The molecule has 108 valence electrons. The van der Waals surface area contributed by atoms with Gasteiger partial charge >= 0.3 is 0 Å². The highest BCUT2D eigenvalue weighted by molar-refractivity contribution is 9.10. The Hall–Kier alpha value is -1.82. The SMILES string of the molecule is C=CCNC(=O)COc1c(Br)cc(C=O)cc1OCC. The summed E-state index contributed by atoms with van der Waals surface area (Å²) in [5.41, 5.74) is 0.462. The Morgan fingerprint density at radius 1 is 1.45 bits per heavy atom. The number of benzene rings is 1. The zero-order valence-corrected chi connectivity index (χ0v) is 12.7. The van der Waals surface area contributed by atoms with E-state index < -0.39 is 0 Å². The number of aldehydes is 1. The van der Waals surface area contributed by atoms with Gasteiger partial charge in [-0.05, 0) is 35.0 Å². The fourth-order valence-electron chi connectivity index (χ4n) is 1.43. The summed E-state index contributed by atoms with van der Waals surface area (Å²) in [7, 11) is 0. The summed E-state index contributed by atoms with van der Waals surface area (Å²) in [6.45, 7) is 5.99. The molecule has 0 aliphatic heterocycles. The Kier molecular flexibility index (Phi) is 6.79. The van der Waals surface area contributed by atoms with E-state index in [0.717, 1.165) is 0 Å². The van der Waals surface area contributed by atoms with Crippen molar-refractivity contribution in [2.24, 2.45) is 0 Å². The minimum atomic E-state index is -0.265. The van der Waals surface area contributed by atoms with Crippen LogP contribution in [0, 0.1) is 0 Å². The lowest BCUT2D eigenvalue weighted by Crippen LogP contribution is -2.28. The van der Waals surface area contributed by atoms with E-state index in [9.17, 15) is 9.59 Å². The third-order valence-electron chi connectivity index (χ3n) is 2.26. The molecular formula is C14H16BrNO4. The highest BCUT2D eigenvalue weighted by atomic mass is 79.9. The molecule has 1 N–H and O–H groups in total. The van der Waals surface area contributed by atoms with E-state index in [-0.39, 0.29) is 12.5 Å². The molecule has 0 aromatic heterocycles. The van der Waals surface area contributed by atoms with Crippen molar-refractivity contribution < 1.29 is 19.1 Å². The molecule has 1 aromatic rings. The molecular weight excluding hydrogens is 326 g/mol. The Labute approximate surface area is 126 Å². The molecule has 0 atom stereocenters. The molecule has 1 aromatic carbocycles. The predicted octanol–water partition coefficient (Wildman–Crippen LogP) is 2.34. The summed E-state index contributed by atoms with van der Waals surface area (Å²) in [6.07, 6.45) is 2.30. The van der Waals surface area contributed by atoms with Gasteiger partial charge < -0.3 is 14.8 Å². The predicted molar refractivity (Wildman–Crippen MR) is 79.4 cm³/mol. The average molecular weight is 342 g/mol. The number of rotatable bonds is 8. The number of nitrogens with one attached hydrogen (secondary N) is 1. The highest BCUT2D eigenvalue weighted by Gasteiger charge is 2.13. The fraction of sp³-hybridized carbons (Fsp3) is 0.286. The van der Waals surface area contributed by atoms with Crippen LogP contribution in [0.4, 0.5) is 0 Å². The minimum Gasteiger partial charge on any atom is -0.490 e. The zero-order chi connectivity index (χ0) is 15.0. The van der Waals surface area contributed by atoms with E-state index in [4.69, 9.17) is 9.47 Å². The molecule has 6 heteroatoms. The molecule has 0 fully saturated rings. The standard InChI is InChI=1S/C14H16BrNO4/c1-3-5-16-13(18)9-20-14-11(15)6-10(8-17)7-12(14)19-4-2/h3,6-8H,1,4-5,9H2,2H3,(H,16,18). The molecule has 1 rings (SSSR count). The van der Waals surface area contributed by atoms with Gasteiger partial charge in [-0.3, -0.25) is 9.59 Å². The van der Waals surface area contributed by atoms with Crippen molar-refractivity contribution in [3.05, 3.63) is 34.8 Å². The van der Waals surface area contributed by atoms with Crippen LogP contribution in [0.5, 0.6) is 11.5 Å². The van der Waals surface area contributed by atoms with E-state index in [0.29, 0.717) is 41.0 Å². The number of hydrogen-bond donors (Lipinski definition) is 1. The molecule has 0 aliphatic rings. The first-order chi connectivity index (χ1) is 9.62. The first-order valence-electron chi connectivity index (χ1n) is 6.04. The minimum absolute atomic E-state index is 0.146. The molecule has 0 spiro atoms. The van der Waals surface area contributed by atoms with Gasteiger partial charge in [-0.15, -0.1) is 6.58 Å². The molecule has 5 nitrogen and oxygen atoms in total. The van der Waals surface area contributed by atoms with Crippen LogP contribution in [0.2, 0.25) is 0 Å². The Morgan fingerprint density at radius 2 is 2.20 bits per heavy atom. The number of amides is 1. The number of hydrogen-bond acceptors (Lipinski definition) is 4. The van der Waals surface area contributed by atoms with Crippen molar-refractivity contribution in [2.45, 2.75) is 6.92 Å². The van der Waals surface area contributed by atoms with Gasteiger partial charge in [0.25, 0.3) is 5.91 Å². The Morgan fingerprint density at radius 3 is 2.80 bits per heavy atom. The molecule has 1 amide bonds. The molecule has 0 saturated carbocycles. The molecule has 0 radical (unpaired) electrons. The lowest BCUT2D eigenvalue weighted by Gasteiger charge is -2.14. The number of halogens is 1. The maximum absolute atomic E-state index is 11.5. The average Bonchev–Trinajstić information content (AvgIpc) is 2.44. The molecule has 0 unspecified atom stereocenters. The van der Waals surface area contributed by atoms with Crippen molar-refractivity contribution in [2.75, 3.05) is 19.8 Å².